The number of aryl methyl sites for hydroxylation is 1. The number of carboxylic acid groups (broad SMARTS) is 1. The Morgan fingerprint density at radius 2 is 1.97 bits per heavy atom. The zero-order valence-electron chi connectivity index (χ0n) is 16.6. The highest BCUT2D eigenvalue weighted by Gasteiger charge is 2.35. The molecule has 0 aromatic carbocycles. The molecule has 9 nitrogen and oxygen atoms in total. The Morgan fingerprint density at radius 1 is 1.27 bits per heavy atom. The van der Waals surface area contributed by atoms with E-state index in [0.717, 1.165) is 0 Å². The lowest BCUT2D eigenvalue weighted by Gasteiger charge is -2.30. The van der Waals surface area contributed by atoms with E-state index < -0.39 is 11.9 Å². The summed E-state index contributed by atoms with van der Waals surface area (Å²) in [4.78, 5) is 22.4. The quantitative estimate of drug-likeness (QED) is 0.757. The summed E-state index contributed by atoms with van der Waals surface area (Å²) in [6.07, 6.45) is 1.96. The number of alkyl halides is 2. The molecule has 1 saturated heterocycles. The first-order valence-corrected chi connectivity index (χ1v) is 9.97. The van der Waals surface area contributed by atoms with Crippen LogP contribution in [-0.2, 0) is 4.74 Å². The minimum absolute atomic E-state index is 0.0700. The molecule has 2 aromatic rings. The average Bonchev–Trinajstić information content (AvgIpc) is 3.12. The molecule has 2 aromatic heterocycles. The predicted molar refractivity (Wildman–Crippen MR) is 105 cm³/mol. The Hall–Kier alpha value is -2.82. The van der Waals surface area contributed by atoms with Crippen molar-refractivity contribution in [3.63, 3.8) is 0 Å². The largest absolute Gasteiger partial charge is 0.476 e. The highest BCUT2D eigenvalue weighted by molar-refractivity contribution is 5.86. The van der Waals surface area contributed by atoms with Gasteiger partial charge in [0.15, 0.2) is 5.69 Å². The molecule has 0 radical (unpaired) electrons. The van der Waals surface area contributed by atoms with Gasteiger partial charge in [-0.05, 0) is 19.8 Å². The molecule has 0 amide bonds. The number of morpholine rings is 1. The third-order valence-corrected chi connectivity index (χ3v) is 5.41. The smallest absolute Gasteiger partial charge is 0.356 e. The third-order valence-electron chi connectivity index (χ3n) is 5.41. The number of rotatable bonds is 5. The number of carbonyl (C=O) groups is 1. The lowest BCUT2D eigenvalue weighted by molar-refractivity contribution is -0.0361. The molecule has 0 bridgehead atoms. The zero-order chi connectivity index (χ0) is 21.3. The van der Waals surface area contributed by atoms with Gasteiger partial charge in [-0.15, -0.1) is 0 Å². The van der Waals surface area contributed by atoms with Gasteiger partial charge in [0.1, 0.15) is 11.6 Å². The van der Waals surface area contributed by atoms with Crippen LogP contribution in [0.15, 0.2) is 12.3 Å². The first-order valence-electron chi connectivity index (χ1n) is 9.97. The highest BCUT2D eigenvalue weighted by Crippen LogP contribution is 2.34. The Labute approximate surface area is 172 Å². The minimum Gasteiger partial charge on any atom is -0.476 e. The number of halogens is 2. The molecule has 30 heavy (non-hydrogen) atoms. The van der Waals surface area contributed by atoms with Crippen LogP contribution in [0.2, 0.25) is 0 Å². The van der Waals surface area contributed by atoms with E-state index in [1.165, 1.54) is 4.68 Å². The second-order valence-corrected chi connectivity index (χ2v) is 7.70. The van der Waals surface area contributed by atoms with Gasteiger partial charge in [-0.25, -0.2) is 18.3 Å². The maximum Gasteiger partial charge on any atom is 0.356 e. The number of ether oxygens (including phenoxy) is 1. The van der Waals surface area contributed by atoms with E-state index >= 15 is 0 Å². The molecule has 0 unspecified atom stereocenters. The van der Waals surface area contributed by atoms with E-state index in [-0.39, 0.29) is 30.5 Å². The molecule has 1 saturated carbocycles. The van der Waals surface area contributed by atoms with Crippen LogP contribution in [0.3, 0.4) is 0 Å². The number of aromatic nitrogens is 4. The van der Waals surface area contributed by atoms with Crippen LogP contribution in [0.5, 0.6) is 0 Å². The molecule has 3 heterocycles. The molecule has 1 aliphatic heterocycles. The van der Waals surface area contributed by atoms with E-state index in [1.807, 2.05) is 4.90 Å². The summed E-state index contributed by atoms with van der Waals surface area (Å²) in [5.41, 5.74) is 0.422. The van der Waals surface area contributed by atoms with Crippen LogP contribution in [0.25, 0.3) is 5.95 Å². The Morgan fingerprint density at radius 3 is 2.60 bits per heavy atom. The number of hydrogen-bond donors (Lipinski definition) is 2. The summed E-state index contributed by atoms with van der Waals surface area (Å²) in [5.74, 6) is -2.36. The normalized spacial score (nSPS) is 19.6. The van der Waals surface area contributed by atoms with Gasteiger partial charge in [-0.1, -0.05) is 0 Å². The van der Waals surface area contributed by atoms with Gasteiger partial charge < -0.3 is 20.1 Å². The molecule has 2 aliphatic rings. The van der Waals surface area contributed by atoms with Gasteiger partial charge in [0.05, 0.1) is 13.2 Å². The third kappa shape index (κ3) is 4.50. The van der Waals surface area contributed by atoms with Gasteiger partial charge in [0.2, 0.25) is 5.92 Å². The van der Waals surface area contributed by atoms with Gasteiger partial charge in [0, 0.05) is 49.8 Å². The van der Waals surface area contributed by atoms with Crippen molar-refractivity contribution >= 4 is 17.6 Å². The van der Waals surface area contributed by atoms with Crippen LogP contribution in [-0.4, -0.2) is 69.1 Å². The number of aromatic carboxylic acids is 1. The zero-order valence-corrected chi connectivity index (χ0v) is 16.6. The first-order chi connectivity index (χ1) is 14.3. The van der Waals surface area contributed by atoms with Crippen molar-refractivity contribution < 1.29 is 23.4 Å². The molecule has 2 N–H and O–H groups in total. The monoisotopic (exact) mass is 422 g/mol. The van der Waals surface area contributed by atoms with Crippen LogP contribution in [0.1, 0.15) is 41.7 Å². The lowest BCUT2D eigenvalue weighted by Crippen LogP contribution is -2.37. The fraction of sp³-hybridized carbons (Fsp3) is 0.579. The molecule has 162 valence electrons. The first kappa shape index (κ1) is 20.5. The lowest BCUT2D eigenvalue weighted by atomic mass is 9.92. The summed E-state index contributed by atoms with van der Waals surface area (Å²) in [5, 5.41) is 16.6. The van der Waals surface area contributed by atoms with Crippen molar-refractivity contribution in [1.29, 1.82) is 0 Å². The molecular weight excluding hydrogens is 398 g/mol. The van der Waals surface area contributed by atoms with Gasteiger partial charge in [-0.3, -0.25) is 0 Å². The number of nitrogens with zero attached hydrogens (tertiary/aromatic N) is 5. The number of anilines is 2. The van der Waals surface area contributed by atoms with Crippen molar-refractivity contribution in [2.24, 2.45) is 0 Å². The number of carboxylic acids is 1. The number of nitrogens with one attached hydrogen (secondary N) is 1. The summed E-state index contributed by atoms with van der Waals surface area (Å²) in [6.45, 7) is 4.11. The van der Waals surface area contributed by atoms with E-state index in [1.54, 1.807) is 19.2 Å². The molecule has 1 aliphatic carbocycles. The molecule has 0 spiro atoms. The standard InChI is InChI=1S/C19H24F2N6O3/c1-12-11-27(25-16(12)17(28)29)18-23-14(22-13-2-4-19(20,21)5-3-13)10-15(24-18)26-6-8-30-9-7-26/h10-11,13H,2-9H2,1H3,(H,28,29)(H,22,23,24). The van der Waals surface area contributed by atoms with Crippen LogP contribution in [0, 0.1) is 6.92 Å². The van der Waals surface area contributed by atoms with Crippen molar-refractivity contribution in [3.05, 3.63) is 23.5 Å². The van der Waals surface area contributed by atoms with Crippen molar-refractivity contribution in [2.45, 2.75) is 44.6 Å². The predicted octanol–water partition coefficient (Wildman–Crippen LogP) is 2.50. The summed E-state index contributed by atoms with van der Waals surface area (Å²) in [6, 6.07) is 1.68. The Bertz CT molecular complexity index is 919. The molecule has 2 fully saturated rings. The van der Waals surface area contributed by atoms with Crippen molar-refractivity contribution in [2.75, 3.05) is 36.5 Å². The molecular formula is C19H24F2N6O3. The molecule has 4 rings (SSSR count). The Kier molecular flexibility index (Phi) is 5.54. The van der Waals surface area contributed by atoms with Crippen molar-refractivity contribution in [1.82, 2.24) is 19.7 Å². The highest BCUT2D eigenvalue weighted by atomic mass is 19.3. The molecule has 11 heteroatoms. The van der Waals surface area contributed by atoms with E-state index in [2.05, 4.69) is 20.4 Å². The van der Waals surface area contributed by atoms with E-state index in [9.17, 15) is 18.7 Å². The second-order valence-electron chi connectivity index (χ2n) is 7.70. The van der Waals surface area contributed by atoms with Crippen LogP contribution < -0.4 is 10.2 Å². The summed E-state index contributed by atoms with van der Waals surface area (Å²) in [7, 11) is 0. The van der Waals surface area contributed by atoms with Crippen LogP contribution >= 0.6 is 0 Å². The van der Waals surface area contributed by atoms with E-state index in [0.29, 0.717) is 56.3 Å². The average molecular weight is 422 g/mol. The maximum absolute atomic E-state index is 13.5. The van der Waals surface area contributed by atoms with E-state index in [4.69, 9.17) is 4.74 Å². The van der Waals surface area contributed by atoms with Crippen molar-refractivity contribution in [3.8, 4) is 5.95 Å². The summed E-state index contributed by atoms with van der Waals surface area (Å²) < 4.78 is 33.7. The fourth-order valence-electron chi connectivity index (χ4n) is 3.72. The van der Waals surface area contributed by atoms with Gasteiger partial charge in [0.25, 0.3) is 5.95 Å². The Balaban J connectivity index is 1.64. The number of hydrogen-bond acceptors (Lipinski definition) is 7. The minimum atomic E-state index is -2.60. The van der Waals surface area contributed by atoms with Gasteiger partial charge >= 0.3 is 5.97 Å². The fourth-order valence-corrected chi connectivity index (χ4v) is 3.72. The molecule has 0 atom stereocenters. The second kappa shape index (κ2) is 8.13. The topological polar surface area (TPSA) is 105 Å². The SMILES string of the molecule is Cc1cn(-c2nc(NC3CCC(F)(F)CC3)cc(N3CCOCC3)n2)nc1C(=O)O. The van der Waals surface area contributed by atoms with Gasteiger partial charge in [-0.2, -0.15) is 15.1 Å². The van der Waals surface area contributed by atoms with Crippen LogP contribution in [0.4, 0.5) is 20.4 Å². The summed E-state index contributed by atoms with van der Waals surface area (Å²) >= 11 is 0. The maximum atomic E-state index is 13.5.